The third-order valence-corrected chi connectivity index (χ3v) is 8.28. The average molecular weight is 593 g/mol. The van der Waals surface area contributed by atoms with Crippen molar-refractivity contribution in [2.45, 2.75) is 65.0 Å². The Kier molecular flexibility index (Phi) is 10.3. The van der Waals surface area contributed by atoms with Gasteiger partial charge in [-0.3, -0.25) is 14.5 Å². The maximum absolute atomic E-state index is 13.6. The molecule has 0 unspecified atom stereocenters. The van der Waals surface area contributed by atoms with E-state index in [1.807, 2.05) is 44.2 Å². The molecule has 2 aromatic rings. The largest absolute Gasteiger partial charge is 0.507 e. The fourth-order valence-corrected chi connectivity index (χ4v) is 6.09. The van der Waals surface area contributed by atoms with Crippen molar-refractivity contribution in [1.29, 1.82) is 0 Å². The van der Waals surface area contributed by atoms with Crippen LogP contribution in [0.2, 0.25) is 0 Å². The van der Waals surface area contributed by atoms with Crippen LogP contribution in [-0.4, -0.2) is 85.3 Å². The quantitative estimate of drug-likeness (QED) is 0.148. The second-order valence-corrected chi connectivity index (χ2v) is 11.4. The van der Waals surface area contributed by atoms with Crippen molar-refractivity contribution >= 4 is 17.4 Å². The van der Waals surface area contributed by atoms with Crippen LogP contribution >= 0.6 is 0 Å². The van der Waals surface area contributed by atoms with Gasteiger partial charge in [0.2, 0.25) is 0 Å². The lowest BCUT2D eigenvalue weighted by Crippen LogP contribution is -2.39. The lowest BCUT2D eigenvalue weighted by atomic mass is 9.94. The normalized spacial score (nSPS) is 21.6. The Morgan fingerprint density at radius 2 is 1.79 bits per heavy atom. The molecule has 1 N–H and O–H groups in total. The van der Waals surface area contributed by atoms with Crippen molar-refractivity contribution in [1.82, 2.24) is 9.80 Å². The predicted octanol–water partition coefficient (Wildman–Crippen LogP) is 5.12. The third-order valence-electron chi connectivity index (χ3n) is 8.28. The van der Waals surface area contributed by atoms with Gasteiger partial charge in [-0.2, -0.15) is 0 Å². The number of ether oxygens (including phenoxy) is 4. The molecule has 0 spiro atoms. The first-order valence-electron chi connectivity index (χ1n) is 15.7. The van der Waals surface area contributed by atoms with E-state index in [1.54, 1.807) is 11.0 Å². The zero-order valence-corrected chi connectivity index (χ0v) is 25.6. The monoisotopic (exact) mass is 592 g/mol. The molecule has 2 saturated heterocycles. The van der Waals surface area contributed by atoms with Gasteiger partial charge in [0.1, 0.15) is 17.6 Å². The standard InChI is InChI=1S/C34H44N2O7/c1-4-6-7-17-42-28-12-9-24(22-29(28)41-5-2)31-30(32(37)25-10-11-27-26(21-25)20-23(3)43-27)33(38)34(39)36(31)14-8-13-35-15-18-40-19-16-35/h9-12,21-23,31,37H,4-8,13-20H2,1-3H3/t23-,31+/m0/s1. The Balaban J connectivity index is 1.49. The maximum atomic E-state index is 13.6. The number of rotatable bonds is 13. The predicted molar refractivity (Wildman–Crippen MR) is 164 cm³/mol. The van der Waals surface area contributed by atoms with Crippen LogP contribution in [-0.2, 0) is 20.7 Å². The molecular weight excluding hydrogens is 548 g/mol. The molecule has 0 aromatic heterocycles. The Bertz CT molecular complexity index is 1330. The second kappa shape index (κ2) is 14.3. The SMILES string of the molecule is CCCCCOc1ccc([C@@H]2C(=C(O)c3ccc4c(c3)C[C@H](C)O4)C(=O)C(=O)N2CCCN2CCOCC2)cc1OCC. The lowest BCUT2D eigenvalue weighted by molar-refractivity contribution is -0.140. The topological polar surface area (TPSA) is 97.8 Å². The summed E-state index contributed by atoms with van der Waals surface area (Å²) in [5, 5.41) is 11.6. The van der Waals surface area contributed by atoms with Crippen LogP contribution in [0.1, 0.15) is 69.2 Å². The number of hydrogen-bond acceptors (Lipinski definition) is 8. The van der Waals surface area contributed by atoms with E-state index in [-0.39, 0.29) is 17.4 Å². The van der Waals surface area contributed by atoms with E-state index in [2.05, 4.69) is 11.8 Å². The molecule has 2 atom stereocenters. The number of aliphatic hydroxyl groups is 1. The molecule has 3 aliphatic rings. The number of hydrogen-bond donors (Lipinski definition) is 1. The van der Waals surface area contributed by atoms with Gasteiger partial charge in [-0.1, -0.05) is 25.8 Å². The lowest BCUT2D eigenvalue weighted by Gasteiger charge is -2.29. The number of carbonyl (C=O) groups is 2. The third kappa shape index (κ3) is 6.99. The van der Waals surface area contributed by atoms with Crippen molar-refractivity contribution in [3.63, 3.8) is 0 Å². The van der Waals surface area contributed by atoms with Crippen LogP contribution in [0.3, 0.4) is 0 Å². The fourth-order valence-electron chi connectivity index (χ4n) is 6.09. The first-order valence-corrected chi connectivity index (χ1v) is 15.7. The van der Waals surface area contributed by atoms with Crippen LogP contribution < -0.4 is 14.2 Å². The number of fused-ring (bicyclic) bond motifs is 1. The van der Waals surface area contributed by atoms with E-state index >= 15 is 0 Å². The number of Topliss-reactive ketones (excluding diaryl/α,β-unsaturated/α-hetero) is 1. The zero-order valence-electron chi connectivity index (χ0n) is 25.6. The Morgan fingerprint density at radius 1 is 0.977 bits per heavy atom. The van der Waals surface area contributed by atoms with Gasteiger partial charge in [-0.25, -0.2) is 0 Å². The minimum absolute atomic E-state index is 0.0455. The Hall–Kier alpha value is -3.56. The van der Waals surface area contributed by atoms with Crippen LogP contribution in [0.5, 0.6) is 17.2 Å². The first-order chi connectivity index (χ1) is 20.9. The summed E-state index contributed by atoms with van der Waals surface area (Å²) in [5.74, 6) is 0.485. The first kappa shape index (κ1) is 30.9. The highest BCUT2D eigenvalue weighted by Crippen LogP contribution is 2.43. The number of aliphatic hydroxyl groups excluding tert-OH is 1. The maximum Gasteiger partial charge on any atom is 0.295 e. The van der Waals surface area contributed by atoms with E-state index in [0.717, 1.165) is 50.2 Å². The van der Waals surface area contributed by atoms with Gasteiger partial charge in [-0.15, -0.1) is 0 Å². The number of likely N-dealkylation sites (tertiary alicyclic amines) is 1. The van der Waals surface area contributed by atoms with Gasteiger partial charge in [0, 0.05) is 38.2 Å². The number of amides is 1. The Labute approximate surface area is 254 Å². The molecule has 9 heteroatoms. The summed E-state index contributed by atoms with van der Waals surface area (Å²) < 4.78 is 23.3. The zero-order chi connectivity index (χ0) is 30.3. The molecular formula is C34H44N2O7. The van der Waals surface area contributed by atoms with E-state index in [4.69, 9.17) is 18.9 Å². The van der Waals surface area contributed by atoms with Crippen molar-refractivity contribution in [2.75, 3.05) is 52.6 Å². The number of unbranched alkanes of at least 4 members (excludes halogenated alkanes) is 2. The van der Waals surface area contributed by atoms with E-state index in [9.17, 15) is 14.7 Å². The highest BCUT2D eigenvalue weighted by atomic mass is 16.5. The Morgan fingerprint density at radius 3 is 2.56 bits per heavy atom. The highest BCUT2D eigenvalue weighted by Gasteiger charge is 2.46. The van der Waals surface area contributed by atoms with Gasteiger partial charge in [-0.05, 0) is 68.1 Å². The average Bonchev–Trinajstić information content (AvgIpc) is 3.51. The molecule has 5 rings (SSSR count). The molecule has 0 aliphatic carbocycles. The summed E-state index contributed by atoms with van der Waals surface area (Å²) in [6, 6.07) is 10.2. The van der Waals surface area contributed by atoms with Crippen LogP contribution in [0, 0.1) is 0 Å². The van der Waals surface area contributed by atoms with E-state index in [0.29, 0.717) is 68.4 Å². The number of benzene rings is 2. The number of ketones is 1. The van der Waals surface area contributed by atoms with Crippen molar-refractivity contribution in [3.05, 3.63) is 58.7 Å². The van der Waals surface area contributed by atoms with Gasteiger partial charge < -0.3 is 29.0 Å². The molecule has 1 amide bonds. The molecule has 232 valence electrons. The molecule has 0 saturated carbocycles. The van der Waals surface area contributed by atoms with Gasteiger partial charge in [0.25, 0.3) is 11.7 Å². The summed E-state index contributed by atoms with van der Waals surface area (Å²) in [5.41, 5.74) is 2.24. The van der Waals surface area contributed by atoms with Crippen LogP contribution in [0.25, 0.3) is 5.76 Å². The molecule has 3 heterocycles. The molecule has 0 bridgehead atoms. The van der Waals surface area contributed by atoms with Crippen molar-refractivity contribution in [3.8, 4) is 17.2 Å². The second-order valence-electron chi connectivity index (χ2n) is 11.4. The van der Waals surface area contributed by atoms with Crippen LogP contribution in [0.15, 0.2) is 42.0 Å². The molecule has 2 aromatic carbocycles. The summed E-state index contributed by atoms with van der Waals surface area (Å²) in [6.45, 7) is 11.3. The number of nitrogens with zero attached hydrogens (tertiary/aromatic N) is 2. The fraction of sp³-hybridized carbons (Fsp3) is 0.529. The summed E-state index contributed by atoms with van der Waals surface area (Å²) in [4.78, 5) is 31.1. The van der Waals surface area contributed by atoms with Gasteiger partial charge >= 0.3 is 0 Å². The highest BCUT2D eigenvalue weighted by molar-refractivity contribution is 6.46. The van der Waals surface area contributed by atoms with Crippen LogP contribution in [0.4, 0.5) is 0 Å². The molecule has 3 aliphatic heterocycles. The molecule has 43 heavy (non-hydrogen) atoms. The minimum atomic E-state index is -0.763. The number of carbonyl (C=O) groups excluding carboxylic acids is 2. The van der Waals surface area contributed by atoms with Crippen molar-refractivity contribution < 1.29 is 33.6 Å². The molecule has 9 nitrogen and oxygen atoms in total. The molecule has 0 radical (unpaired) electrons. The number of morpholine rings is 1. The molecule has 2 fully saturated rings. The van der Waals surface area contributed by atoms with Gasteiger partial charge in [0.05, 0.1) is 38.0 Å². The summed E-state index contributed by atoms with van der Waals surface area (Å²) in [6.07, 6.45) is 4.57. The summed E-state index contributed by atoms with van der Waals surface area (Å²) in [7, 11) is 0. The van der Waals surface area contributed by atoms with E-state index < -0.39 is 17.7 Å². The summed E-state index contributed by atoms with van der Waals surface area (Å²) >= 11 is 0. The van der Waals surface area contributed by atoms with Gasteiger partial charge in [0.15, 0.2) is 11.5 Å². The smallest absolute Gasteiger partial charge is 0.295 e. The minimum Gasteiger partial charge on any atom is -0.507 e. The van der Waals surface area contributed by atoms with E-state index in [1.165, 1.54) is 0 Å². The van der Waals surface area contributed by atoms with Crippen molar-refractivity contribution in [2.24, 2.45) is 0 Å².